The van der Waals surface area contributed by atoms with Gasteiger partial charge in [0.25, 0.3) is 5.91 Å². The van der Waals surface area contributed by atoms with Crippen LogP contribution in [0.15, 0.2) is 30.7 Å². The summed E-state index contributed by atoms with van der Waals surface area (Å²) in [6, 6.07) is 2.19. The summed E-state index contributed by atoms with van der Waals surface area (Å²) in [5.74, 6) is -0.327. The summed E-state index contributed by atoms with van der Waals surface area (Å²) in [5, 5.41) is 19.8. The first kappa shape index (κ1) is 17.2. The number of hydrogen-bond acceptors (Lipinski definition) is 7. The number of carbonyl (C=O) groups excluding carboxylic acids is 1. The smallest absolute Gasteiger partial charge is 0.256 e. The second-order valence-corrected chi connectivity index (χ2v) is 6.21. The van der Waals surface area contributed by atoms with Crippen molar-refractivity contribution in [3.63, 3.8) is 0 Å². The van der Waals surface area contributed by atoms with Crippen LogP contribution in [0.5, 0.6) is 5.88 Å². The van der Waals surface area contributed by atoms with Gasteiger partial charge in [-0.25, -0.2) is 18.9 Å². The third-order valence-corrected chi connectivity index (χ3v) is 4.20. The summed E-state index contributed by atoms with van der Waals surface area (Å²) < 4.78 is 21.0. The van der Waals surface area contributed by atoms with Gasteiger partial charge in [-0.05, 0) is 19.1 Å². The van der Waals surface area contributed by atoms with E-state index >= 15 is 0 Å². The summed E-state index contributed by atoms with van der Waals surface area (Å²) in [7, 11) is 0. The van der Waals surface area contributed by atoms with Gasteiger partial charge in [-0.3, -0.25) is 4.79 Å². The molecular weight excluding hydrogens is 355 g/mol. The zero-order chi connectivity index (χ0) is 19.0. The van der Waals surface area contributed by atoms with Crippen LogP contribution < -0.4 is 15.4 Å². The standard InChI is InChI=1S/C17H17FN6O3/c1-9-5-19-16(26)12-7-21-24-3-2-14(23-15(12)24)22-13(8-25)11-4-10(18)6-20-17(11)27-9/h2-4,6-7,9,13,25H,5,8H2,1H3,(H,19,26)(H,22,23)/t9-,13-/m0/s1. The Morgan fingerprint density at radius 1 is 1.44 bits per heavy atom. The molecule has 10 heteroatoms. The van der Waals surface area contributed by atoms with Gasteiger partial charge < -0.3 is 20.5 Å². The van der Waals surface area contributed by atoms with Crippen LogP contribution in [-0.4, -0.2) is 49.9 Å². The fraction of sp³-hybridized carbons (Fsp3) is 0.294. The van der Waals surface area contributed by atoms with E-state index in [4.69, 9.17) is 4.74 Å². The summed E-state index contributed by atoms with van der Waals surface area (Å²) in [6.07, 6.45) is 3.67. The molecule has 4 heterocycles. The largest absolute Gasteiger partial charge is 0.473 e. The highest BCUT2D eigenvalue weighted by Crippen LogP contribution is 2.27. The molecule has 0 radical (unpaired) electrons. The molecule has 2 bridgehead atoms. The van der Waals surface area contributed by atoms with Crippen LogP contribution in [0.3, 0.4) is 0 Å². The summed E-state index contributed by atoms with van der Waals surface area (Å²) in [6.45, 7) is 1.61. The third kappa shape index (κ3) is 3.26. The molecule has 0 saturated carbocycles. The van der Waals surface area contributed by atoms with Gasteiger partial charge >= 0.3 is 0 Å². The molecule has 3 aromatic rings. The molecule has 0 aromatic carbocycles. The Bertz CT molecular complexity index is 1010. The number of fused-ring (bicyclic) bond motifs is 2. The van der Waals surface area contributed by atoms with E-state index in [9.17, 15) is 14.3 Å². The number of aliphatic hydroxyl groups is 1. The molecule has 2 atom stereocenters. The topological polar surface area (TPSA) is 114 Å². The quantitative estimate of drug-likeness (QED) is 0.582. The van der Waals surface area contributed by atoms with Crippen LogP contribution in [0.1, 0.15) is 28.9 Å². The zero-order valence-corrected chi connectivity index (χ0v) is 14.4. The number of hydrogen-bond donors (Lipinski definition) is 3. The van der Waals surface area contributed by atoms with Crippen molar-refractivity contribution in [2.75, 3.05) is 18.5 Å². The highest BCUT2D eigenvalue weighted by atomic mass is 19.1. The van der Waals surface area contributed by atoms with Gasteiger partial charge in [0.05, 0.1) is 31.6 Å². The maximum atomic E-state index is 13.8. The Morgan fingerprint density at radius 2 is 2.30 bits per heavy atom. The zero-order valence-electron chi connectivity index (χ0n) is 14.4. The number of carbonyl (C=O) groups is 1. The van der Waals surface area contributed by atoms with Crippen LogP contribution in [0.4, 0.5) is 10.2 Å². The molecule has 0 spiro atoms. The lowest BCUT2D eigenvalue weighted by Gasteiger charge is -2.21. The van der Waals surface area contributed by atoms with Gasteiger partial charge in [0.1, 0.15) is 23.3 Å². The fourth-order valence-corrected chi connectivity index (χ4v) is 2.86. The Balaban J connectivity index is 1.84. The Labute approximate surface area is 153 Å². The number of aromatic nitrogens is 4. The summed E-state index contributed by atoms with van der Waals surface area (Å²) >= 11 is 0. The van der Waals surface area contributed by atoms with Crippen molar-refractivity contribution in [1.82, 2.24) is 24.9 Å². The van der Waals surface area contributed by atoms with E-state index in [1.54, 1.807) is 19.2 Å². The molecule has 0 fully saturated rings. The first-order chi connectivity index (χ1) is 13.0. The molecule has 0 unspecified atom stereocenters. The minimum Gasteiger partial charge on any atom is -0.473 e. The van der Waals surface area contributed by atoms with Crippen molar-refractivity contribution in [2.45, 2.75) is 19.1 Å². The molecule has 1 aliphatic rings. The predicted octanol–water partition coefficient (Wildman–Crippen LogP) is 0.920. The number of amides is 1. The van der Waals surface area contributed by atoms with Crippen molar-refractivity contribution in [1.29, 1.82) is 0 Å². The first-order valence-corrected chi connectivity index (χ1v) is 8.37. The van der Waals surface area contributed by atoms with E-state index in [0.717, 1.165) is 6.20 Å². The van der Waals surface area contributed by atoms with Crippen LogP contribution in [0.25, 0.3) is 5.65 Å². The minimum atomic E-state index is -0.707. The van der Waals surface area contributed by atoms with Crippen LogP contribution in [-0.2, 0) is 0 Å². The Hall–Kier alpha value is -3.27. The number of ether oxygens (including phenoxy) is 1. The molecule has 0 aliphatic carbocycles. The predicted molar refractivity (Wildman–Crippen MR) is 93.1 cm³/mol. The molecule has 1 amide bonds. The molecule has 3 N–H and O–H groups in total. The third-order valence-electron chi connectivity index (χ3n) is 4.20. The van der Waals surface area contributed by atoms with Gasteiger partial charge in [0, 0.05) is 11.8 Å². The number of pyridine rings is 1. The van der Waals surface area contributed by atoms with Gasteiger partial charge in [0.15, 0.2) is 5.65 Å². The lowest BCUT2D eigenvalue weighted by molar-refractivity contribution is 0.0931. The van der Waals surface area contributed by atoms with Crippen molar-refractivity contribution in [3.05, 3.63) is 47.7 Å². The molecule has 0 saturated heterocycles. The number of rotatable bonds is 1. The molecular formula is C17H17FN6O3. The molecule has 9 nitrogen and oxygen atoms in total. The van der Waals surface area contributed by atoms with Crippen molar-refractivity contribution < 1.29 is 19.0 Å². The Kier molecular flexibility index (Phi) is 4.32. The Morgan fingerprint density at radius 3 is 3.11 bits per heavy atom. The van der Waals surface area contributed by atoms with Gasteiger partial charge in [0.2, 0.25) is 5.88 Å². The molecule has 140 valence electrons. The SMILES string of the molecule is C[C@H]1CNC(=O)c2cnn3ccc(nc23)N[C@@H](CO)c2cc(F)cnc2O1. The molecule has 1 aliphatic heterocycles. The highest BCUT2D eigenvalue weighted by Gasteiger charge is 2.22. The van der Waals surface area contributed by atoms with Gasteiger partial charge in [-0.2, -0.15) is 5.10 Å². The van der Waals surface area contributed by atoms with Crippen molar-refractivity contribution in [2.24, 2.45) is 0 Å². The number of nitrogens with zero attached hydrogens (tertiary/aromatic N) is 4. The second kappa shape index (κ2) is 6.80. The van der Waals surface area contributed by atoms with Crippen molar-refractivity contribution >= 4 is 17.4 Å². The van der Waals surface area contributed by atoms with Crippen LogP contribution >= 0.6 is 0 Å². The second-order valence-electron chi connectivity index (χ2n) is 6.21. The minimum absolute atomic E-state index is 0.174. The maximum absolute atomic E-state index is 13.8. The summed E-state index contributed by atoms with van der Waals surface area (Å²) in [4.78, 5) is 20.9. The molecule has 3 aromatic heterocycles. The van der Waals surface area contributed by atoms with Crippen LogP contribution in [0, 0.1) is 5.82 Å². The number of nitrogens with one attached hydrogen (secondary N) is 2. The van der Waals surface area contributed by atoms with E-state index in [1.165, 1.54) is 16.8 Å². The van der Waals surface area contributed by atoms with Gasteiger partial charge in [-0.15, -0.1) is 0 Å². The number of aliphatic hydroxyl groups excluding tert-OH is 1. The average molecular weight is 372 g/mol. The maximum Gasteiger partial charge on any atom is 0.256 e. The fourth-order valence-electron chi connectivity index (χ4n) is 2.86. The average Bonchev–Trinajstić information content (AvgIpc) is 3.08. The van der Waals surface area contributed by atoms with E-state index in [0.29, 0.717) is 22.6 Å². The lowest BCUT2D eigenvalue weighted by Crippen LogP contribution is -2.34. The number of halogens is 1. The van der Waals surface area contributed by atoms with E-state index in [2.05, 4.69) is 25.7 Å². The monoisotopic (exact) mass is 372 g/mol. The van der Waals surface area contributed by atoms with Gasteiger partial charge in [-0.1, -0.05) is 0 Å². The lowest BCUT2D eigenvalue weighted by atomic mass is 10.1. The van der Waals surface area contributed by atoms with E-state index in [-0.39, 0.29) is 24.9 Å². The first-order valence-electron chi connectivity index (χ1n) is 8.37. The van der Waals surface area contributed by atoms with E-state index < -0.39 is 18.0 Å². The van der Waals surface area contributed by atoms with E-state index in [1.807, 2.05) is 0 Å². The number of anilines is 1. The summed E-state index contributed by atoms with van der Waals surface area (Å²) in [5.41, 5.74) is 1.03. The van der Waals surface area contributed by atoms with Crippen LogP contribution in [0.2, 0.25) is 0 Å². The highest BCUT2D eigenvalue weighted by molar-refractivity contribution is 5.99. The normalized spacial score (nSPS) is 19.9. The molecule has 27 heavy (non-hydrogen) atoms. The van der Waals surface area contributed by atoms with Crippen molar-refractivity contribution in [3.8, 4) is 5.88 Å². The molecule has 4 rings (SSSR count).